The molecule has 4 rings (SSSR count). The van der Waals surface area contributed by atoms with Gasteiger partial charge in [-0.2, -0.15) is 8.78 Å². The van der Waals surface area contributed by atoms with Gasteiger partial charge >= 0.3 is 6.11 Å². The minimum atomic E-state index is -4.10. The van der Waals surface area contributed by atoms with Gasteiger partial charge in [0.25, 0.3) is 0 Å². The topological polar surface area (TPSA) is 9.23 Å². The van der Waals surface area contributed by atoms with Crippen LogP contribution in [0.25, 0.3) is 11.1 Å². The Balaban J connectivity index is 1.55. The zero-order chi connectivity index (χ0) is 24.6. The van der Waals surface area contributed by atoms with Gasteiger partial charge in [0.2, 0.25) is 0 Å². The smallest absolute Gasteiger partial charge is 0.426 e. The Morgan fingerprint density at radius 1 is 0.735 bits per heavy atom. The third-order valence-electron chi connectivity index (χ3n) is 6.28. The third-order valence-corrected chi connectivity index (χ3v) is 6.28. The zero-order valence-corrected chi connectivity index (χ0v) is 18.2. The second kappa shape index (κ2) is 9.31. The van der Waals surface area contributed by atoms with Crippen LogP contribution >= 0.6 is 0 Å². The number of halogens is 7. The number of rotatable bonds is 5. The standard InChI is InChI=1S/C26H21F7O/c1-14-2-4-15(5-3-14)16-6-9-24(21(28)10-16)34-26(32,33)18-7-8-19(20(27)13-18)17-11-22(29)25(31)23(30)12-17/h6-15H,2-5H2,1H3. The molecule has 1 saturated carbocycles. The number of hydrogen-bond donors (Lipinski definition) is 0. The number of alkyl halides is 2. The highest BCUT2D eigenvalue weighted by Gasteiger charge is 2.36. The van der Waals surface area contributed by atoms with Gasteiger partial charge in [-0.15, -0.1) is 0 Å². The van der Waals surface area contributed by atoms with Gasteiger partial charge in [0.05, 0.1) is 5.56 Å². The molecule has 0 amide bonds. The molecule has 1 nitrogen and oxygen atoms in total. The first-order valence-electron chi connectivity index (χ1n) is 10.9. The Hall–Kier alpha value is -3.03. The summed E-state index contributed by atoms with van der Waals surface area (Å²) >= 11 is 0. The van der Waals surface area contributed by atoms with Crippen LogP contribution in [0.15, 0.2) is 48.5 Å². The normalized spacial score (nSPS) is 18.7. The molecule has 1 fully saturated rings. The lowest BCUT2D eigenvalue weighted by atomic mass is 9.79. The highest BCUT2D eigenvalue weighted by Crippen LogP contribution is 2.39. The van der Waals surface area contributed by atoms with Crippen LogP contribution in [0.2, 0.25) is 0 Å². The van der Waals surface area contributed by atoms with E-state index < -0.39 is 52.1 Å². The van der Waals surface area contributed by atoms with Crippen LogP contribution in [0.4, 0.5) is 30.7 Å². The van der Waals surface area contributed by atoms with Crippen LogP contribution in [0.1, 0.15) is 49.7 Å². The van der Waals surface area contributed by atoms with Crippen molar-refractivity contribution in [3.63, 3.8) is 0 Å². The molecule has 0 radical (unpaired) electrons. The second-order valence-corrected chi connectivity index (χ2v) is 8.71. The van der Waals surface area contributed by atoms with Gasteiger partial charge in [0.15, 0.2) is 29.0 Å². The molecular formula is C26H21F7O. The average molecular weight is 482 g/mol. The number of ether oxygens (including phenoxy) is 1. The highest BCUT2D eigenvalue weighted by atomic mass is 19.3. The molecule has 1 aliphatic rings. The lowest BCUT2D eigenvalue weighted by Gasteiger charge is -2.27. The predicted molar refractivity (Wildman–Crippen MR) is 113 cm³/mol. The summed E-state index contributed by atoms with van der Waals surface area (Å²) < 4.78 is 103. The van der Waals surface area contributed by atoms with Gasteiger partial charge in [-0.3, -0.25) is 0 Å². The average Bonchev–Trinajstić information content (AvgIpc) is 2.79. The molecule has 1 aliphatic carbocycles. The third kappa shape index (κ3) is 4.91. The number of benzene rings is 3. The van der Waals surface area contributed by atoms with E-state index in [1.165, 1.54) is 6.07 Å². The van der Waals surface area contributed by atoms with E-state index in [9.17, 15) is 30.7 Å². The fourth-order valence-electron chi connectivity index (χ4n) is 4.29. The van der Waals surface area contributed by atoms with Crippen LogP contribution in [-0.2, 0) is 6.11 Å². The van der Waals surface area contributed by atoms with Crippen molar-refractivity contribution in [1.82, 2.24) is 0 Å². The first kappa shape index (κ1) is 24.1. The van der Waals surface area contributed by atoms with Crippen LogP contribution in [-0.4, -0.2) is 0 Å². The molecule has 0 N–H and O–H groups in total. The fraction of sp³-hybridized carbons (Fsp3) is 0.308. The van der Waals surface area contributed by atoms with E-state index in [2.05, 4.69) is 11.7 Å². The van der Waals surface area contributed by atoms with Crippen LogP contribution in [0.5, 0.6) is 5.75 Å². The van der Waals surface area contributed by atoms with Gasteiger partial charge in [-0.1, -0.05) is 31.9 Å². The zero-order valence-electron chi connectivity index (χ0n) is 18.2. The van der Waals surface area contributed by atoms with Crippen molar-refractivity contribution in [3.05, 3.63) is 88.7 Å². The van der Waals surface area contributed by atoms with Crippen molar-refractivity contribution in [3.8, 4) is 16.9 Å². The quantitative estimate of drug-likeness (QED) is 0.262. The van der Waals surface area contributed by atoms with Crippen molar-refractivity contribution in [2.24, 2.45) is 5.92 Å². The monoisotopic (exact) mass is 482 g/mol. The molecule has 0 bridgehead atoms. The second-order valence-electron chi connectivity index (χ2n) is 8.71. The summed E-state index contributed by atoms with van der Waals surface area (Å²) in [5, 5.41) is 0. The highest BCUT2D eigenvalue weighted by molar-refractivity contribution is 5.65. The minimum absolute atomic E-state index is 0.156. The van der Waals surface area contributed by atoms with Gasteiger partial charge in [-0.25, -0.2) is 22.0 Å². The van der Waals surface area contributed by atoms with E-state index in [1.54, 1.807) is 6.07 Å². The molecule has 0 heterocycles. The van der Waals surface area contributed by atoms with Gasteiger partial charge in [0.1, 0.15) is 5.82 Å². The Morgan fingerprint density at radius 2 is 1.38 bits per heavy atom. The summed E-state index contributed by atoms with van der Waals surface area (Å²) in [6.07, 6.45) is -0.279. The van der Waals surface area contributed by atoms with E-state index in [-0.39, 0.29) is 11.5 Å². The number of hydrogen-bond acceptors (Lipinski definition) is 1. The maximum absolute atomic E-state index is 14.7. The summed E-state index contributed by atoms with van der Waals surface area (Å²) in [6.45, 7) is 2.15. The van der Waals surface area contributed by atoms with Crippen molar-refractivity contribution < 1.29 is 35.5 Å². The molecule has 0 aromatic heterocycles. The van der Waals surface area contributed by atoms with E-state index in [0.717, 1.165) is 43.9 Å². The molecule has 0 aliphatic heterocycles. The molecule has 0 saturated heterocycles. The van der Waals surface area contributed by atoms with Crippen LogP contribution in [0, 0.1) is 35.0 Å². The fourth-order valence-corrected chi connectivity index (χ4v) is 4.29. The molecule has 34 heavy (non-hydrogen) atoms. The minimum Gasteiger partial charge on any atom is -0.426 e. The van der Waals surface area contributed by atoms with Crippen molar-refractivity contribution in [1.29, 1.82) is 0 Å². The van der Waals surface area contributed by atoms with Gasteiger partial charge < -0.3 is 4.74 Å². The van der Waals surface area contributed by atoms with Crippen molar-refractivity contribution >= 4 is 0 Å². The SMILES string of the molecule is CC1CCC(c2ccc(OC(F)(F)c3ccc(-c4cc(F)c(F)c(F)c4)c(F)c3)c(F)c2)CC1. The Labute approximate surface area is 192 Å². The maximum Gasteiger partial charge on any atom is 0.426 e. The lowest BCUT2D eigenvalue weighted by Crippen LogP contribution is -2.23. The maximum atomic E-state index is 14.7. The lowest BCUT2D eigenvalue weighted by molar-refractivity contribution is -0.187. The molecular weight excluding hydrogens is 461 g/mol. The Kier molecular flexibility index (Phi) is 6.60. The van der Waals surface area contributed by atoms with E-state index in [1.807, 2.05) is 0 Å². The Morgan fingerprint density at radius 3 is 1.97 bits per heavy atom. The van der Waals surface area contributed by atoms with Gasteiger partial charge in [0, 0.05) is 5.56 Å². The van der Waals surface area contributed by atoms with Crippen LogP contribution in [0.3, 0.4) is 0 Å². The summed E-state index contributed by atoms with van der Waals surface area (Å²) in [7, 11) is 0. The Bertz CT molecular complexity index is 1180. The van der Waals surface area contributed by atoms with Crippen molar-refractivity contribution in [2.75, 3.05) is 0 Å². The largest absolute Gasteiger partial charge is 0.426 e. The van der Waals surface area contributed by atoms with Gasteiger partial charge in [-0.05, 0) is 72.2 Å². The first-order chi connectivity index (χ1) is 16.0. The summed E-state index contributed by atoms with van der Waals surface area (Å²) in [4.78, 5) is 0. The van der Waals surface area contributed by atoms with E-state index >= 15 is 0 Å². The molecule has 3 aromatic rings. The van der Waals surface area contributed by atoms with E-state index in [4.69, 9.17) is 0 Å². The summed E-state index contributed by atoms with van der Waals surface area (Å²) in [5.74, 6) is -6.95. The van der Waals surface area contributed by atoms with Crippen molar-refractivity contribution in [2.45, 2.75) is 44.6 Å². The van der Waals surface area contributed by atoms with Crippen LogP contribution < -0.4 is 4.74 Å². The summed E-state index contributed by atoms with van der Waals surface area (Å²) in [6, 6.07) is 7.04. The summed E-state index contributed by atoms with van der Waals surface area (Å²) in [5.41, 5.74) is -1.01. The van der Waals surface area contributed by atoms with E-state index in [0.29, 0.717) is 29.7 Å². The molecule has 0 spiro atoms. The first-order valence-corrected chi connectivity index (χ1v) is 10.9. The molecule has 180 valence electrons. The molecule has 3 aromatic carbocycles. The molecule has 8 heteroatoms. The molecule has 0 unspecified atom stereocenters. The predicted octanol–water partition coefficient (Wildman–Crippen LogP) is 8.47. The molecule has 0 atom stereocenters.